The summed E-state index contributed by atoms with van der Waals surface area (Å²) >= 11 is 0. The number of pyridine rings is 1. The maximum atomic E-state index is 13.2. The van der Waals surface area contributed by atoms with Crippen LogP contribution < -0.4 is 10.7 Å². The van der Waals surface area contributed by atoms with Crippen LogP contribution in [0.4, 0.5) is 19.0 Å². The number of nitrogens with zero attached hydrogens (tertiary/aromatic N) is 4. The molecule has 1 aliphatic heterocycles. The van der Waals surface area contributed by atoms with Gasteiger partial charge in [-0.1, -0.05) is 0 Å². The molecule has 0 saturated carbocycles. The van der Waals surface area contributed by atoms with Gasteiger partial charge in [0.15, 0.2) is 5.58 Å². The second kappa shape index (κ2) is 7.38. The highest BCUT2D eigenvalue weighted by atomic mass is 32.2. The van der Waals surface area contributed by atoms with Gasteiger partial charge >= 0.3 is 11.9 Å². The number of fused-ring (bicyclic) bond motifs is 1. The zero-order valence-electron chi connectivity index (χ0n) is 16.7. The lowest BCUT2D eigenvalue weighted by Crippen LogP contribution is -2.49. The average Bonchev–Trinajstić information content (AvgIpc) is 2.99. The summed E-state index contributed by atoms with van der Waals surface area (Å²) in [6.45, 7) is 2.48. The van der Waals surface area contributed by atoms with Crippen LogP contribution in [0.25, 0.3) is 11.1 Å². The van der Waals surface area contributed by atoms with Crippen molar-refractivity contribution in [2.75, 3.05) is 31.1 Å². The molecular weight excluding hydrogens is 437 g/mol. The Balaban J connectivity index is 1.54. The maximum Gasteiger partial charge on any atom is 0.419 e. The second-order valence-electron chi connectivity index (χ2n) is 7.31. The van der Waals surface area contributed by atoms with E-state index in [0.717, 1.165) is 12.3 Å². The smallest absolute Gasteiger partial charge is 0.408 e. The zero-order valence-corrected chi connectivity index (χ0v) is 17.5. The highest BCUT2D eigenvalue weighted by molar-refractivity contribution is 7.89. The highest BCUT2D eigenvalue weighted by Crippen LogP contribution is 2.30. The van der Waals surface area contributed by atoms with Gasteiger partial charge in [-0.2, -0.15) is 17.5 Å². The number of halogens is 3. The van der Waals surface area contributed by atoms with E-state index in [9.17, 15) is 26.4 Å². The minimum Gasteiger partial charge on any atom is -0.408 e. The lowest BCUT2D eigenvalue weighted by Gasteiger charge is -2.35. The fraction of sp³-hybridized carbons (Fsp3) is 0.368. The van der Waals surface area contributed by atoms with Crippen molar-refractivity contribution in [2.45, 2.75) is 18.0 Å². The summed E-state index contributed by atoms with van der Waals surface area (Å²) in [4.78, 5) is 17.4. The number of rotatable bonds is 3. The van der Waals surface area contributed by atoms with Gasteiger partial charge in [0.1, 0.15) is 5.82 Å². The molecule has 1 aliphatic rings. The molecule has 0 unspecified atom stereocenters. The first-order chi connectivity index (χ1) is 14.5. The predicted octanol–water partition coefficient (Wildman–Crippen LogP) is 2.36. The van der Waals surface area contributed by atoms with Crippen molar-refractivity contribution >= 4 is 26.9 Å². The van der Waals surface area contributed by atoms with Crippen molar-refractivity contribution in [1.29, 1.82) is 0 Å². The Hall–Kier alpha value is -2.86. The molecule has 12 heteroatoms. The number of oxazole rings is 1. The van der Waals surface area contributed by atoms with Crippen LogP contribution in [-0.2, 0) is 23.2 Å². The molecule has 2 aromatic heterocycles. The number of sulfonamides is 1. The molecule has 1 fully saturated rings. The van der Waals surface area contributed by atoms with Crippen LogP contribution in [0.1, 0.15) is 11.1 Å². The standard InChI is InChI=1S/C19H19F3N4O4S/c1-12-9-15-14(24(2)18(27)30-15)10-16(12)31(28,29)26-7-5-25(6-8-26)17-4-3-13(11-23-17)19(20,21)22/h3-4,9-11H,5-8H2,1-2H3. The third-order valence-corrected chi connectivity index (χ3v) is 7.39. The van der Waals surface area contributed by atoms with Gasteiger partial charge in [0.05, 0.1) is 16.0 Å². The van der Waals surface area contributed by atoms with Crippen LogP contribution in [0.15, 0.2) is 44.6 Å². The first-order valence-corrected chi connectivity index (χ1v) is 10.8. The van der Waals surface area contributed by atoms with Gasteiger partial charge in [-0.25, -0.2) is 18.2 Å². The van der Waals surface area contributed by atoms with Gasteiger partial charge in [-0.15, -0.1) is 0 Å². The third-order valence-electron chi connectivity index (χ3n) is 5.34. The minimum atomic E-state index is -4.46. The summed E-state index contributed by atoms with van der Waals surface area (Å²) in [7, 11) is -2.35. The molecule has 8 nitrogen and oxygen atoms in total. The topological polar surface area (TPSA) is 88.6 Å². The summed E-state index contributed by atoms with van der Waals surface area (Å²) in [5.41, 5.74) is 0.301. The number of aryl methyl sites for hydroxylation is 2. The van der Waals surface area contributed by atoms with E-state index in [1.54, 1.807) is 11.8 Å². The van der Waals surface area contributed by atoms with Crippen LogP contribution in [-0.4, -0.2) is 48.5 Å². The average molecular weight is 456 g/mol. The van der Waals surface area contributed by atoms with Crippen molar-refractivity contribution in [2.24, 2.45) is 7.05 Å². The monoisotopic (exact) mass is 456 g/mol. The van der Waals surface area contributed by atoms with E-state index in [4.69, 9.17) is 4.42 Å². The van der Waals surface area contributed by atoms with Gasteiger partial charge in [-0.05, 0) is 36.8 Å². The normalized spacial score (nSPS) is 16.2. The van der Waals surface area contributed by atoms with Gasteiger partial charge < -0.3 is 9.32 Å². The SMILES string of the molecule is Cc1cc2oc(=O)n(C)c2cc1S(=O)(=O)N1CCN(c2ccc(C(F)(F)F)cn2)CC1. The fourth-order valence-electron chi connectivity index (χ4n) is 3.57. The Bertz CT molecular complexity index is 1290. The zero-order chi connectivity index (χ0) is 22.6. The van der Waals surface area contributed by atoms with Gasteiger partial charge in [0.2, 0.25) is 10.0 Å². The van der Waals surface area contributed by atoms with E-state index in [2.05, 4.69) is 4.98 Å². The van der Waals surface area contributed by atoms with E-state index in [1.165, 1.54) is 34.1 Å². The molecule has 1 aromatic carbocycles. The Morgan fingerprint density at radius 3 is 2.35 bits per heavy atom. The highest BCUT2D eigenvalue weighted by Gasteiger charge is 2.33. The van der Waals surface area contributed by atoms with Crippen molar-refractivity contribution in [3.05, 3.63) is 52.1 Å². The van der Waals surface area contributed by atoms with Crippen molar-refractivity contribution in [1.82, 2.24) is 13.9 Å². The molecule has 4 rings (SSSR count). The molecule has 0 spiro atoms. The summed E-state index contributed by atoms with van der Waals surface area (Å²) in [5.74, 6) is -0.224. The first-order valence-electron chi connectivity index (χ1n) is 9.37. The van der Waals surface area contributed by atoms with Crippen LogP contribution in [0.3, 0.4) is 0 Å². The molecule has 0 bridgehead atoms. The number of aromatic nitrogens is 2. The quantitative estimate of drug-likeness (QED) is 0.601. The van der Waals surface area contributed by atoms with Crippen LogP contribution >= 0.6 is 0 Å². The summed E-state index contributed by atoms with van der Waals surface area (Å²) in [6.07, 6.45) is -3.69. The largest absolute Gasteiger partial charge is 0.419 e. The molecular formula is C19H19F3N4O4S. The number of piperazine rings is 1. The molecule has 0 amide bonds. The molecule has 0 aliphatic carbocycles. The van der Waals surface area contributed by atoms with E-state index in [0.29, 0.717) is 22.5 Å². The lowest BCUT2D eigenvalue weighted by atomic mass is 10.2. The van der Waals surface area contributed by atoms with Gasteiger partial charge in [0.25, 0.3) is 0 Å². The molecule has 0 radical (unpaired) electrons. The van der Waals surface area contributed by atoms with E-state index < -0.39 is 27.5 Å². The van der Waals surface area contributed by atoms with Crippen molar-refractivity contribution in [3.63, 3.8) is 0 Å². The molecule has 3 aromatic rings. The maximum absolute atomic E-state index is 13.2. The fourth-order valence-corrected chi connectivity index (χ4v) is 5.22. The van der Waals surface area contributed by atoms with Crippen molar-refractivity contribution in [3.8, 4) is 0 Å². The number of alkyl halides is 3. The first kappa shape index (κ1) is 21.4. The molecule has 0 atom stereocenters. The molecule has 166 valence electrons. The van der Waals surface area contributed by atoms with E-state index >= 15 is 0 Å². The predicted molar refractivity (Wildman–Crippen MR) is 106 cm³/mol. The summed E-state index contributed by atoms with van der Waals surface area (Å²) in [6, 6.07) is 5.18. The summed E-state index contributed by atoms with van der Waals surface area (Å²) < 4.78 is 72.2. The molecule has 1 saturated heterocycles. The molecule has 3 heterocycles. The third kappa shape index (κ3) is 3.81. The summed E-state index contributed by atoms with van der Waals surface area (Å²) in [5, 5.41) is 0. The van der Waals surface area contributed by atoms with Crippen LogP contribution in [0.5, 0.6) is 0 Å². The van der Waals surface area contributed by atoms with Gasteiger partial charge in [-0.3, -0.25) is 4.57 Å². The number of anilines is 1. The van der Waals surface area contributed by atoms with Crippen molar-refractivity contribution < 1.29 is 26.0 Å². The van der Waals surface area contributed by atoms with Gasteiger partial charge in [0, 0.05) is 39.4 Å². The second-order valence-corrected chi connectivity index (χ2v) is 9.21. The Kier molecular flexibility index (Phi) is 5.09. The minimum absolute atomic E-state index is 0.0810. The van der Waals surface area contributed by atoms with Crippen LogP contribution in [0.2, 0.25) is 0 Å². The number of hydrogen-bond acceptors (Lipinski definition) is 6. The van der Waals surface area contributed by atoms with E-state index in [-0.39, 0.29) is 31.1 Å². The van der Waals surface area contributed by atoms with Crippen LogP contribution in [0, 0.1) is 6.92 Å². The Labute approximate surface area is 175 Å². The number of hydrogen-bond donors (Lipinski definition) is 0. The molecule has 31 heavy (non-hydrogen) atoms. The Morgan fingerprint density at radius 1 is 1.10 bits per heavy atom. The Morgan fingerprint density at radius 2 is 1.77 bits per heavy atom. The number of benzene rings is 1. The lowest BCUT2D eigenvalue weighted by molar-refractivity contribution is -0.137. The molecule has 0 N–H and O–H groups in total. The van der Waals surface area contributed by atoms with E-state index in [1.807, 2.05) is 0 Å².